The van der Waals surface area contributed by atoms with Crippen molar-refractivity contribution in [2.24, 2.45) is 0 Å². The molecule has 0 amide bonds. The third-order valence-electron chi connectivity index (χ3n) is 3.86. The van der Waals surface area contributed by atoms with E-state index in [1.807, 2.05) is 6.92 Å². The van der Waals surface area contributed by atoms with Crippen LogP contribution in [0.25, 0.3) is 11.4 Å². The Morgan fingerprint density at radius 1 is 1.14 bits per heavy atom. The number of benzene rings is 2. The van der Waals surface area contributed by atoms with Gasteiger partial charge in [0.25, 0.3) is 0 Å². The molecule has 5 N–H and O–H groups in total. The average molecular weight is 402 g/mol. The van der Waals surface area contributed by atoms with Crippen LogP contribution < -0.4 is 15.8 Å². The van der Waals surface area contributed by atoms with Crippen LogP contribution in [0.15, 0.2) is 42.5 Å². The van der Waals surface area contributed by atoms with Crippen molar-refractivity contribution in [1.82, 2.24) is 15.0 Å². The van der Waals surface area contributed by atoms with Crippen molar-refractivity contribution in [2.75, 3.05) is 24.3 Å². The van der Waals surface area contributed by atoms with Crippen LogP contribution in [-0.2, 0) is 0 Å². The van der Waals surface area contributed by atoms with Gasteiger partial charge in [0.15, 0.2) is 5.82 Å². The molecule has 8 nitrogen and oxygen atoms in total. The minimum atomic E-state index is -0.923. The van der Waals surface area contributed by atoms with E-state index in [2.05, 4.69) is 20.3 Å². The van der Waals surface area contributed by atoms with Gasteiger partial charge in [-0.1, -0.05) is 23.7 Å². The fourth-order valence-electron chi connectivity index (χ4n) is 2.55. The highest BCUT2D eigenvalue weighted by Gasteiger charge is 2.14. The van der Waals surface area contributed by atoms with Gasteiger partial charge in [0.05, 0.1) is 18.8 Å². The van der Waals surface area contributed by atoms with Crippen molar-refractivity contribution >= 4 is 29.2 Å². The number of rotatable bonds is 7. The molecular formula is C19H20ClN5O3. The summed E-state index contributed by atoms with van der Waals surface area (Å²) in [6, 6.07) is 12.0. The number of aliphatic hydroxyl groups is 2. The molecule has 0 spiro atoms. The Morgan fingerprint density at radius 2 is 1.89 bits per heavy atom. The van der Waals surface area contributed by atoms with Crippen LogP contribution >= 0.6 is 11.6 Å². The Hall–Kier alpha value is -2.94. The molecule has 146 valence electrons. The number of nitrogens with two attached hydrogens (primary N) is 1. The molecule has 1 unspecified atom stereocenters. The second-order valence-electron chi connectivity index (χ2n) is 5.86. The number of hydrogen-bond donors (Lipinski definition) is 4. The first-order valence-electron chi connectivity index (χ1n) is 8.60. The molecule has 1 aromatic heterocycles. The van der Waals surface area contributed by atoms with Crippen molar-refractivity contribution < 1.29 is 14.9 Å². The maximum Gasteiger partial charge on any atom is 0.232 e. The molecule has 0 aliphatic rings. The number of hydrogen-bond acceptors (Lipinski definition) is 8. The van der Waals surface area contributed by atoms with E-state index in [0.717, 1.165) is 0 Å². The molecular weight excluding hydrogens is 382 g/mol. The molecule has 0 aliphatic carbocycles. The summed E-state index contributed by atoms with van der Waals surface area (Å²) in [5.41, 5.74) is 7.75. The number of nitrogen functional groups attached to an aromatic ring is 1. The first-order chi connectivity index (χ1) is 13.5. The zero-order valence-electron chi connectivity index (χ0n) is 15.1. The Bertz CT molecular complexity index is 953. The normalized spacial score (nSPS) is 11.9. The van der Waals surface area contributed by atoms with Crippen molar-refractivity contribution in [1.29, 1.82) is 0 Å². The van der Waals surface area contributed by atoms with Crippen LogP contribution in [0.4, 0.5) is 17.6 Å². The first-order valence-corrected chi connectivity index (χ1v) is 8.98. The third-order valence-corrected chi connectivity index (χ3v) is 4.09. The second kappa shape index (κ2) is 8.83. The van der Waals surface area contributed by atoms with E-state index >= 15 is 0 Å². The maximum atomic E-state index is 9.66. The van der Waals surface area contributed by atoms with E-state index in [9.17, 15) is 5.11 Å². The predicted octanol–water partition coefficient (Wildman–Crippen LogP) is 2.94. The molecule has 3 rings (SSSR count). The van der Waals surface area contributed by atoms with E-state index in [-0.39, 0.29) is 18.5 Å². The van der Waals surface area contributed by atoms with Crippen molar-refractivity contribution in [3.63, 3.8) is 0 Å². The van der Waals surface area contributed by atoms with E-state index in [4.69, 9.17) is 27.2 Å². The summed E-state index contributed by atoms with van der Waals surface area (Å²) in [6.07, 6.45) is -0.923. The van der Waals surface area contributed by atoms with Crippen LogP contribution in [0, 0.1) is 0 Å². The zero-order valence-corrected chi connectivity index (χ0v) is 15.9. The Kier molecular flexibility index (Phi) is 6.25. The highest BCUT2D eigenvalue weighted by molar-refractivity contribution is 6.30. The summed E-state index contributed by atoms with van der Waals surface area (Å²) in [7, 11) is 0. The van der Waals surface area contributed by atoms with Gasteiger partial charge in [-0.15, -0.1) is 0 Å². The highest BCUT2D eigenvalue weighted by atomic mass is 35.5. The molecule has 0 radical (unpaired) electrons. The van der Waals surface area contributed by atoms with Crippen molar-refractivity contribution in [3.8, 4) is 17.1 Å². The van der Waals surface area contributed by atoms with Gasteiger partial charge in [0, 0.05) is 10.7 Å². The van der Waals surface area contributed by atoms with Gasteiger partial charge in [-0.05, 0) is 42.8 Å². The van der Waals surface area contributed by atoms with Gasteiger partial charge in [0.2, 0.25) is 11.9 Å². The lowest BCUT2D eigenvalue weighted by atomic mass is 10.1. The largest absolute Gasteiger partial charge is 0.493 e. The lowest BCUT2D eigenvalue weighted by molar-refractivity contribution is 0.0956. The summed E-state index contributed by atoms with van der Waals surface area (Å²) in [5, 5.41) is 22.2. The number of nitrogens with one attached hydrogen (secondary N) is 1. The molecule has 1 heterocycles. The summed E-state index contributed by atoms with van der Waals surface area (Å²) >= 11 is 6.12. The summed E-state index contributed by atoms with van der Waals surface area (Å²) < 4.78 is 5.63. The molecule has 2 aromatic carbocycles. The third kappa shape index (κ3) is 4.66. The summed E-state index contributed by atoms with van der Waals surface area (Å²) in [4.78, 5) is 12.7. The van der Waals surface area contributed by atoms with Crippen LogP contribution in [0.2, 0.25) is 5.02 Å². The molecule has 0 fully saturated rings. The SMILES string of the molecule is CCOc1ccc(Cl)cc1-c1nc(N)nc(Nc2ccc(C(O)CO)cc2)n1. The number of nitrogens with zero attached hydrogens (tertiary/aromatic N) is 3. The minimum Gasteiger partial charge on any atom is -0.493 e. The van der Waals surface area contributed by atoms with Gasteiger partial charge >= 0.3 is 0 Å². The maximum absolute atomic E-state index is 9.66. The van der Waals surface area contributed by atoms with E-state index in [1.54, 1.807) is 42.5 Å². The molecule has 3 aromatic rings. The molecule has 0 aliphatic heterocycles. The van der Waals surface area contributed by atoms with Crippen molar-refractivity contribution in [3.05, 3.63) is 53.1 Å². The fraction of sp³-hybridized carbons (Fsp3) is 0.211. The Balaban J connectivity index is 1.91. The lowest BCUT2D eigenvalue weighted by Crippen LogP contribution is -2.06. The number of aromatic nitrogens is 3. The van der Waals surface area contributed by atoms with Gasteiger partial charge < -0.3 is 26.0 Å². The quantitative estimate of drug-likeness (QED) is 0.476. The number of anilines is 3. The van der Waals surface area contributed by atoms with E-state index in [0.29, 0.717) is 40.0 Å². The van der Waals surface area contributed by atoms with E-state index in [1.165, 1.54) is 0 Å². The fourth-order valence-corrected chi connectivity index (χ4v) is 2.72. The Morgan fingerprint density at radius 3 is 2.57 bits per heavy atom. The molecule has 0 saturated carbocycles. The summed E-state index contributed by atoms with van der Waals surface area (Å²) in [5.74, 6) is 1.21. The first kappa shape index (κ1) is 19.8. The lowest BCUT2D eigenvalue weighted by Gasteiger charge is -2.12. The molecule has 9 heteroatoms. The van der Waals surface area contributed by atoms with E-state index < -0.39 is 6.10 Å². The zero-order chi connectivity index (χ0) is 20.1. The predicted molar refractivity (Wildman–Crippen MR) is 108 cm³/mol. The van der Waals surface area contributed by atoms with Crippen LogP contribution in [0.5, 0.6) is 5.75 Å². The van der Waals surface area contributed by atoms with Gasteiger partial charge in [-0.2, -0.15) is 15.0 Å². The smallest absolute Gasteiger partial charge is 0.232 e. The van der Waals surface area contributed by atoms with Crippen LogP contribution in [-0.4, -0.2) is 38.4 Å². The van der Waals surface area contributed by atoms with Crippen LogP contribution in [0.3, 0.4) is 0 Å². The monoisotopic (exact) mass is 401 g/mol. The topological polar surface area (TPSA) is 126 Å². The molecule has 1 atom stereocenters. The number of ether oxygens (including phenoxy) is 1. The number of aliphatic hydroxyl groups excluding tert-OH is 2. The summed E-state index contributed by atoms with van der Waals surface area (Å²) in [6.45, 7) is 2.01. The van der Waals surface area contributed by atoms with Gasteiger partial charge in [-0.3, -0.25) is 0 Å². The molecule has 28 heavy (non-hydrogen) atoms. The van der Waals surface area contributed by atoms with Gasteiger partial charge in [0.1, 0.15) is 11.9 Å². The molecule has 0 bridgehead atoms. The van der Waals surface area contributed by atoms with Crippen molar-refractivity contribution in [2.45, 2.75) is 13.0 Å². The highest BCUT2D eigenvalue weighted by Crippen LogP contribution is 2.31. The van der Waals surface area contributed by atoms with Gasteiger partial charge in [-0.25, -0.2) is 0 Å². The Labute approximate surface area is 167 Å². The minimum absolute atomic E-state index is 0.0437. The standard InChI is InChI=1S/C19H20ClN5O3/c1-2-28-16-8-5-12(20)9-14(16)17-23-18(21)25-19(24-17)22-13-6-3-11(4-7-13)15(27)10-26/h3-9,15,26-27H,2,10H2,1H3,(H3,21,22,23,24,25). The average Bonchev–Trinajstić information content (AvgIpc) is 2.69. The second-order valence-corrected chi connectivity index (χ2v) is 6.30. The number of halogens is 1. The van der Waals surface area contributed by atoms with Crippen LogP contribution in [0.1, 0.15) is 18.6 Å². The molecule has 0 saturated heterocycles.